The summed E-state index contributed by atoms with van der Waals surface area (Å²) >= 11 is 1.80. The largest absolute Gasteiger partial charge is 0.356 e. The number of piperidine rings is 1. The average Bonchev–Trinajstić information content (AvgIpc) is 2.42. The molecule has 1 aliphatic rings. The van der Waals surface area contributed by atoms with Crippen molar-refractivity contribution < 1.29 is 8.42 Å². The molecule has 0 amide bonds. The van der Waals surface area contributed by atoms with Crippen LogP contribution >= 0.6 is 11.8 Å². The van der Waals surface area contributed by atoms with E-state index in [-0.39, 0.29) is 0 Å². The van der Waals surface area contributed by atoms with Crippen molar-refractivity contribution in [2.45, 2.75) is 12.8 Å². The van der Waals surface area contributed by atoms with Crippen molar-refractivity contribution in [3.63, 3.8) is 0 Å². The zero-order valence-corrected chi connectivity index (χ0v) is 14.2. The van der Waals surface area contributed by atoms with Gasteiger partial charge in [0, 0.05) is 39.0 Å². The van der Waals surface area contributed by atoms with Gasteiger partial charge in [-0.05, 0) is 25.0 Å². The highest BCUT2D eigenvalue weighted by molar-refractivity contribution is 7.98. The molecule has 0 aromatic rings. The van der Waals surface area contributed by atoms with E-state index in [0.717, 1.165) is 37.6 Å². The zero-order valence-electron chi connectivity index (χ0n) is 12.6. The van der Waals surface area contributed by atoms with Crippen LogP contribution in [0.3, 0.4) is 0 Å². The lowest BCUT2D eigenvalue weighted by Gasteiger charge is -2.30. The fraction of sp³-hybridized carbons (Fsp3) is 0.917. The molecule has 0 unspecified atom stereocenters. The highest BCUT2D eigenvalue weighted by Crippen LogP contribution is 2.18. The first kappa shape index (κ1) is 17.6. The molecule has 0 atom stereocenters. The Morgan fingerprint density at radius 2 is 2.00 bits per heavy atom. The standard InChI is InChI=1S/C12H26N4O2S2/c1-13-12(14-6-9-19-2)15-10-11-4-7-16(8-5-11)20(3,17)18/h11H,4-10H2,1-3H3,(H2,13,14,15). The number of aliphatic imine (C=N–C) groups is 1. The fourth-order valence-corrected chi connectivity index (χ4v) is 3.36. The minimum absolute atomic E-state index is 0.507. The molecule has 2 N–H and O–H groups in total. The highest BCUT2D eigenvalue weighted by Gasteiger charge is 2.24. The Hall–Kier alpha value is -0.470. The highest BCUT2D eigenvalue weighted by atomic mass is 32.2. The van der Waals surface area contributed by atoms with Crippen molar-refractivity contribution in [2.75, 3.05) is 51.5 Å². The number of sulfonamides is 1. The molecule has 0 bridgehead atoms. The first-order valence-electron chi connectivity index (χ1n) is 6.86. The van der Waals surface area contributed by atoms with Crippen molar-refractivity contribution in [3.8, 4) is 0 Å². The van der Waals surface area contributed by atoms with Crippen LogP contribution in [-0.2, 0) is 10.0 Å². The van der Waals surface area contributed by atoms with Gasteiger partial charge in [-0.25, -0.2) is 12.7 Å². The Balaban J connectivity index is 2.26. The summed E-state index contributed by atoms with van der Waals surface area (Å²) in [4.78, 5) is 4.18. The number of hydrogen-bond donors (Lipinski definition) is 2. The molecule has 8 heteroatoms. The number of thioether (sulfide) groups is 1. The minimum Gasteiger partial charge on any atom is -0.356 e. The Morgan fingerprint density at radius 3 is 2.50 bits per heavy atom. The van der Waals surface area contributed by atoms with Crippen molar-refractivity contribution in [3.05, 3.63) is 0 Å². The minimum atomic E-state index is -3.03. The Labute approximate surface area is 126 Å². The van der Waals surface area contributed by atoms with Gasteiger partial charge >= 0.3 is 0 Å². The molecule has 118 valence electrons. The molecule has 1 aliphatic heterocycles. The van der Waals surface area contributed by atoms with E-state index in [1.807, 2.05) is 0 Å². The SMILES string of the molecule is CN=C(NCCSC)NCC1CCN(S(C)(=O)=O)CC1. The number of nitrogens with one attached hydrogen (secondary N) is 2. The van der Waals surface area contributed by atoms with E-state index in [4.69, 9.17) is 0 Å². The summed E-state index contributed by atoms with van der Waals surface area (Å²) in [5, 5.41) is 6.57. The topological polar surface area (TPSA) is 73.8 Å². The molecule has 0 radical (unpaired) electrons. The molecule has 0 spiro atoms. The van der Waals surface area contributed by atoms with E-state index in [0.29, 0.717) is 19.0 Å². The van der Waals surface area contributed by atoms with Crippen LogP contribution in [0.4, 0.5) is 0 Å². The average molecular weight is 323 g/mol. The van der Waals surface area contributed by atoms with E-state index in [1.165, 1.54) is 6.26 Å². The Kier molecular flexibility index (Phi) is 7.68. The van der Waals surface area contributed by atoms with Gasteiger partial charge in [-0.2, -0.15) is 11.8 Å². The summed E-state index contributed by atoms with van der Waals surface area (Å²) in [6.07, 6.45) is 5.17. The van der Waals surface area contributed by atoms with E-state index in [2.05, 4.69) is 21.9 Å². The molecule has 1 rings (SSSR count). The molecule has 1 saturated heterocycles. The van der Waals surface area contributed by atoms with Crippen LogP contribution in [-0.4, -0.2) is 70.2 Å². The van der Waals surface area contributed by atoms with Crippen LogP contribution in [0.25, 0.3) is 0 Å². The summed E-state index contributed by atoms with van der Waals surface area (Å²) in [6, 6.07) is 0. The third-order valence-electron chi connectivity index (χ3n) is 3.42. The normalized spacial score (nSPS) is 19.1. The Bertz CT molecular complexity index is 404. The van der Waals surface area contributed by atoms with Gasteiger partial charge in [0.05, 0.1) is 6.26 Å². The molecule has 0 aromatic heterocycles. The predicted molar refractivity (Wildman–Crippen MR) is 86.9 cm³/mol. The maximum absolute atomic E-state index is 11.4. The lowest BCUT2D eigenvalue weighted by Crippen LogP contribution is -2.44. The van der Waals surface area contributed by atoms with Gasteiger partial charge in [0.2, 0.25) is 10.0 Å². The van der Waals surface area contributed by atoms with Crippen LogP contribution in [0, 0.1) is 5.92 Å². The van der Waals surface area contributed by atoms with Crippen molar-refractivity contribution in [2.24, 2.45) is 10.9 Å². The Morgan fingerprint density at radius 1 is 1.35 bits per heavy atom. The number of nitrogens with zero attached hydrogens (tertiary/aromatic N) is 2. The van der Waals surface area contributed by atoms with Gasteiger partial charge in [0.25, 0.3) is 0 Å². The van der Waals surface area contributed by atoms with Gasteiger partial charge in [0.1, 0.15) is 0 Å². The van der Waals surface area contributed by atoms with Crippen LogP contribution in [0.15, 0.2) is 4.99 Å². The van der Waals surface area contributed by atoms with E-state index in [9.17, 15) is 8.42 Å². The first-order chi connectivity index (χ1) is 9.47. The van der Waals surface area contributed by atoms with E-state index >= 15 is 0 Å². The van der Waals surface area contributed by atoms with Crippen LogP contribution in [0.1, 0.15) is 12.8 Å². The monoisotopic (exact) mass is 322 g/mol. The second-order valence-electron chi connectivity index (χ2n) is 4.98. The molecular formula is C12H26N4O2S2. The molecule has 6 nitrogen and oxygen atoms in total. The summed E-state index contributed by atoms with van der Waals surface area (Å²) in [7, 11) is -1.26. The van der Waals surface area contributed by atoms with Gasteiger partial charge in [0.15, 0.2) is 5.96 Å². The fourth-order valence-electron chi connectivity index (χ4n) is 2.18. The molecule has 0 aromatic carbocycles. The van der Waals surface area contributed by atoms with Gasteiger partial charge in [-0.15, -0.1) is 0 Å². The maximum atomic E-state index is 11.4. The van der Waals surface area contributed by atoms with E-state index < -0.39 is 10.0 Å². The second-order valence-corrected chi connectivity index (χ2v) is 7.95. The third kappa shape index (κ3) is 6.32. The van der Waals surface area contributed by atoms with Crippen LogP contribution in [0.5, 0.6) is 0 Å². The van der Waals surface area contributed by atoms with Crippen LogP contribution in [0.2, 0.25) is 0 Å². The molecule has 0 aliphatic carbocycles. The van der Waals surface area contributed by atoms with Gasteiger partial charge in [-0.3, -0.25) is 4.99 Å². The molecular weight excluding hydrogens is 296 g/mol. The summed E-state index contributed by atoms with van der Waals surface area (Å²) in [5.74, 6) is 2.38. The van der Waals surface area contributed by atoms with E-state index in [1.54, 1.807) is 23.1 Å². The molecule has 1 fully saturated rings. The second kappa shape index (κ2) is 8.74. The first-order valence-corrected chi connectivity index (χ1v) is 10.1. The quantitative estimate of drug-likeness (QED) is 0.415. The third-order valence-corrected chi connectivity index (χ3v) is 5.34. The summed E-state index contributed by atoms with van der Waals surface area (Å²) in [5.41, 5.74) is 0. The summed E-state index contributed by atoms with van der Waals surface area (Å²) < 4.78 is 24.4. The van der Waals surface area contributed by atoms with Gasteiger partial charge < -0.3 is 10.6 Å². The van der Waals surface area contributed by atoms with Crippen molar-refractivity contribution >= 4 is 27.7 Å². The van der Waals surface area contributed by atoms with Crippen molar-refractivity contribution in [1.82, 2.24) is 14.9 Å². The zero-order chi connectivity index (χ0) is 15.0. The lowest BCUT2D eigenvalue weighted by molar-refractivity contribution is 0.275. The molecule has 0 saturated carbocycles. The number of rotatable bonds is 6. The number of hydrogen-bond acceptors (Lipinski definition) is 4. The predicted octanol–water partition coefficient (Wildman–Crippen LogP) is 0.186. The lowest BCUT2D eigenvalue weighted by atomic mass is 9.98. The number of guanidine groups is 1. The van der Waals surface area contributed by atoms with Crippen molar-refractivity contribution in [1.29, 1.82) is 0 Å². The maximum Gasteiger partial charge on any atom is 0.211 e. The van der Waals surface area contributed by atoms with Gasteiger partial charge in [-0.1, -0.05) is 0 Å². The molecule has 20 heavy (non-hydrogen) atoms. The van der Waals surface area contributed by atoms with Crippen LogP contribution < -0.4 is 10.6 Å². The smallest absolute Gasteiger partial charge is 0.211 e. The summed E-state index contributed by atoms with van der Waals surface area (Å²) in [6.45, 7) is 3.00. The molecule has 1 heterocycles.